The topological polar surface area (TPSA) is 77.8 Å². The van der Waals surface area contributed by atoms with Gasteiger partial charge in [-0.05, 0) is 24.6 Å². The highest BCUT2D eigenvalue weighted by atomic mass is 16.4. The monoisotopic (exact) mass is 249 g/mol. The van der Waals surface area contributed by atoms with Crippen molar-refractivity contribution < 1.29 is 19.8 Å². The second kappa shape index (κ2) is 5.18. The van der Waals surface area contributed by atoms with Crippen LogP contribution in [0.2, 0.25) is 0 Å². The number of aliphatic hydroxyl groups excluding tert-OH is 1. The van der Waals surface area contributed by atoms with Gasteiger partial charge >= 0.3 is 5.97 Å². The number of carboxylic acid groups (broad SMARTS) is 1. The second-order valence-electron chi connectivity index (χ2n) is 4.48. The molecule has 0 amide bonds. The van der Waals surface area contributed by atoms with Gasteiger partial charge < -0.3 is 15.1 Å². The number of nitrogens with zero attached hydrogens (tertiary/aromatic N) is 1. The Morgan fingerprint density at radius 2 is 2.28 bits per heavy atom. The van der Waals surface area contributed by atoms with E-state index in [0.29, 0.717) is 6.29 Å². The standard InChI is InChI=1S/C13H15NO4/c15-7-9-3-4-14(6-9)11-1-2-12(13(17)18)10(5-11)8-16/h1-2,5,8-9,15H,3-4,6-7H2,(H,17,18). The number of carboxylic acids is 1. The largest absolute Gasteiger partial charge is 0.478 e. The fourth-order valence-corrected chi connectivity index (χ4v) is 2.26. The molecule has 1 aliphatic rings. The van der Waals surface area contributed by atoms with Crippen molar-refractivity contribution in [2.75, 3.05) is 24.6 Å². The molecule has 0 bridgehead atoms. The van der Waals surface area contributed by atoms with E-state index in [1.807, 2.05) is 0 Å². The summed E-state index contributed by atoms with van der Waals surface area (Å²) in [5, 5.41) is 18.0. The Labute approximate surface area is 105 Å². The van der Waals surface area contributed by atoms with Crippen LogP contribution in [0.15, 0.2) is 18.2 Å². The van der Waals surface area contributed by atoms with Gasteiger partial charge in [0.05, 0.1) is 5.56 Å². The number of carbonyl (C=O) groups is 2. The molecule has 0 saturated carbocycles. The third-order valence-corrected chi connectivity index (χ3v) is 3.30. The van der Waals surface area contributed by atoms with E-state index >= 15 is 0 Å². The van der Waals surface area contributed by atoms with Gasteiger partial charge in [0.25, 0.3) is 0 Å². The average Bonchev–Trinajstić information content (AvgIpc) is 2.86. The Balaban J connectivity index is 2.25. The van der Waals surface area contributed by atoms with Crippen molar-refractivity contribution in [1.29, 1.82) is 0 Å². The number of hydrogen-bond acceptors (Lipinski definition) is 4. The van der Waals surface area contributed by atoms with E-state index in [4.69, 9.17) is 10.2 Å². The van der Waals surface area contributed by atoms with Crippen LogP contribution in [0.5, 0.6) is 0 Å². The normalized spacial score (nSPS) is 18.9. The minimum absolute atomic E-state index is 0.0201. The molecule has 0 aliphatic carbocycles. The fraction of sp³-hybridized carbons (Fsp3) is 0.385. The molecular formula is C13H15NO4. The van der Waals surface area contributed by atoms with E-state index < -0.39 is 5.97 Å². The summed E-state index contributed by atoms with van der Waals surface area (Å²) in [7, 11) is 0. The highest BCUT2D eigenvalue weighted by Gasteiger charge is 2.22. The van der Waals surface area contributed by atoms with Crippen LogP contribution >= 0.6 is 0 Å². The predicted octanol–water partition coefficient (Wildman–Crippen LogP) is 1.02. The molecule has 0 spiro atoms. The summed E-state index contributed by atoms with van der Waals surface area (Å²) < 4.78 is 0. The smallest absolute Gasteiger partial charge is 0.336 e. The zero-order valence-electron chi connectivity index (χ0n) is 9.87. The lowest BCUT2D eigenvalue weighted by Crippen LogP contribution is -2.21. The van der Waals surface area contributed by atoms with Crippen molar-refractivity contribution in [1.82, 2.24) is 0 Å². The number of aliphatic hydroxyl groups is 1. The fourth-order valence-electron chi connectivity index (χ4n) is 2.26. The number of rotatable bonds is 4. The molecule has 96 valence electrons. The summed E-state index contributed by atoms with van der Waals surface area (Å²) in [6.07, 6.45) is 1.47. The molecule has 0 aromatic heterocycles. The Morgan fingerprint density at radius 3 is 2.83 bits per heavy atom. The molecule has 0 radical (unpaired) electrons. The zero-order chi connectivity index (χ0) is 13.1. The summed E-state index contributed by atoms with van der Waals surface area (Å²) >= 11 is 0. The maximum atomic E-state index is 10.9. The molecule has 1 unspecified atom stereocenters. The highest BCUT2D eigenvalue weighted by Crippen LogP contribution is 2.25. The molecule has 1 aromatic rings. The van der Waals surface area contributed by atoms with E-state index in [-0.39, 0.29) is 23.7 Å². The van der Waals surface area contributed by atoms with Crippen molar-refractivity contribution in [3.63, 3.8) is 0 Å². The van der Waals surface area contributed by atoms with Gasteiger partial charge in [0.1, 0.15) is 0 Å². The van der Waals surface area contributed by atoms with Crippen LogP contribution in [0, 0.1) is 5.92 Å². The first-order valence-corrected chi connectivity index (χ1v) is 5.84. The molecule has 1 aromatic carbocycles. The van der Waals surface area contributed by atoms with Gasteiger partial charge in [0.15, 0.2) is 6.29 Å². The number of hydrogen-bond donors (Lipinski definition) is 2. The van der Waals surface area contributed by atoms with Crippen molar-refractivity contribution in [2.24, 2.45) is 5.92 Å². The van der Waals surface area contributed by atoms with Crippen molar-refractivity contribution in [3.8, 4) is 0 Å². The van der Waals surface area contributed by atoms with E-state index in [1.54, 1.807) is 12.1 Å². The quantitative estimate of drug-likeness (QED) is 0.779. The van der Waals surface area contributed by atoms with E-state index in [2.05, 4.69) is 4.90 Å². The highest BCUT2D eigenvalue weighted by molar-refractivity contribution is 5.98. The number of anilines is 1. The SMILES string of the molecule is O=Cc1cc(N2CCC(CO)C2)ccc1C(=O)O. The molecule has 2 N–H and O–H groups in total. The molecule has 5 nitrogen and oxygen atoms in total. The van der Waals surface area contributed by atoms with Gasteiger partial charge in [-0.3, -0.25) is 4.79 Å². The van der Waals surface area contributed by atoms with Gasteiger partial charge in [-0.1, -0.05) is 0 Å². The summed E-state index contributed by atoms with van der Waals surface area (Å²) in [6, 6.07) is 4.75. The van der Waals surface area contributed by atoms with Crippen molar-refractivity contribution >= 4 is 17.9 Å². The van der Waals surface area contributed by atoms with E-state index in [9.17, 15) is 9.59 Å². The third kappa shape index (κ3) is 2.36. The Bertz CT molecular complexity index is 472. The number of benzene rings is 1. The molecule has 1 aliphatic heterocycles. The second-order valence-corrected chi connectivity index (χ2v) is 4.48. The van der Waals surface area contributed by atoms with Crippen LogP contribution in [-0.2, 0) is 0 Å². The number of aldehydes is 1. The predicted molar refractivity (Wildman–Crippen MR) is 66.2 cm³/mol. The summed E-state index contributed by atoms with van der Waals surface area (Å²) in [4.78, 5) is 23.9. The van der Waals surface area contributed by atoms with Crippen LogP contribution in [0.1, 0.15) is 27.1 Å². The first-order valence-electron chi connectivity index (χ1n) is 5.84. The lowest BCUT2D eigenvalue weighted by molar-refractivity contribution is 0.0694. The Kier molecular flexibility index (Phi) is 3.62. The van der Waals surface area contributed by atoms with Crippen LogP contribution in [0.3, 0.4) is 0 Å². The number of carbonyl (C=O) groups excluding carboxylic acids is 1. The van der Waals surface area contributed by atoms with Crippen LogP contribution in [0.25, 0.3) is 0 Å². The van der Waals surface area contributed by atoms with E-state index in [0.717, 1.165) is 25.2 Å². The van der Waals surface area contributed by atoms with Crippen LogP contribution < -0.4 is 4.90 Å². The van der Waals surface area contributed by atoms with Gasteiger partial charge in [-0.2, -0.15) is 0 Å². The molecule has 5 heteroatoms. The number of aromatic carboxylic acids is 1. The van der Waals surface area contributed by atoms with Gasteiger partial charge in [0.2, 0.25) is 0 Å². The van der Waals surface area contributed by atoms with Gasteiger partial charge in [-0.25, -0.2) is 4.79 Å². The zero-order valence-corrected chi connectivity index (χ0v) is 9.87. The maximum Gasteiger partial charge on any atom is 0.336 e. The van der Waals surface area contributed by atoms with Crippen molar-refractivity contribution in [2.45, 2.75) is 6.42 Å². The van der Waals surface area contributed by atoms with Crippen LogP contribution in [0.4, 0.5) is 5.69 Å². The minimum atomic E-state index is -1.10. The third-order valence-electron chi connectivity index (χ3n) is 3.30. The van der Waals surface area contributed by atoms with E-state index in [1.165, 1.54) is 6.07 Å². The Hall–Kier alpha value is -1.88. The summed E-state index contributed by atoms with van der Waals surface area (Å²) in [5.41, 5.74) is 1.04. The molecule has 18 heavy (non-hydrogen) atoms. The van der Waals surface area contributed by atoms with Crippen molar-refractivity contribution in [3.05, 3.63) is 29.3 Å². The maximum absolute atomic E-state index is 10.9. The summed E-state index contributed by atoms with van der Waals surface area (Å²) in [6.45, 7) is 1.71. The van der Waals surface area contributed by atoms with Gasteiger partial charge in [0, 0.05) is 36.9 Å². The Morgan fingerprint density at radius 1 is 1.50 bits per heavy atom. The lowest BCUT2D eigenvalue weighted by atomic mass is 10.1. The summed E-state index contributed by atoms with van der Waals surface area (Å²) in [5.74, 6) is -0.845. The lowest BCUT2D eigenvalue weighted by Gasteiger charge is -2.19. The minimum Gasteiger partial charge on any atom is -0.478 e. The molecule has 1 fully saturated rings. The first-order chi connectivity index (χ1) is 8.65. The van der Waals surface area contributed by atoms with Gasteiger partial charge in [-0.15, -0.1) is 0 Å². The molecule has 1 atom stereocenters. The molecule has 1 saturated heterocycles. The first kappa shape index (κ1) is 12.6. The van der Waals surface area contributed by atoms with Crippen LogP contribution in [-0.4, -0.2) is 42.2 Å². The molecular weight excluding hydrogens is 234 g/mol. The molecule has 1 heterocycles. The average molecular weight is 249 g/mol. The molecule has 2 rings (SSSR count).